The summed E-state index contributed by atoms with van der Waals surface area (Å²) in [5.41, 5.74) is 0.784. The van der Waals surface area contributed by atoms with Crippen molar-refractivity contribution in [3.63, 3.8) is 0 Å². The van der Waals surface area contributed by atoms with E-state index in [4.69, 9.17) is 21.1 Å². The number of methoxy groups -OCH3 is 2. The number of benzene rings is 2. The molecule has 0 saturated heterocycles. The average molecular weight is 325 g/mol. The molecule has 2 aromatic carbocycles. The first-order chi connectivity index (χ1) is 10.2. The minimum absolute atomic E-state index is 0.513. The fraction of sp³-hybridized carbons (Fsp3) is 0.250. The number of hydrogen-bond acceptors (Lipinski definition) is 4. The Labute approximate surface area is 133 Å². The molecule has 0 saturated carbocycles. The summed E-state index contributed by atoms with van der Waals surface area (Å²) in [5, 5.41) is 11.0. The number of ether oxygens (including phenoxy) is 2. The Morgan fingerprint density at radius 1 is 1.10 bits per heavy atom. The third kappa shape index (κ3) is 4.06. The van der Waals surface area contributed by atoms with Gasteiger partial charge in [0.15, 0.2) is 11.5 Å². The highest BCUT2D eigenvalue weighted by Crippen LogP contribution is 2.33. The van der Waals surface area contributed by atoms with Crippen LogP contribution in [-0.4, -0.2) is 25.1 Å². The molecule has 1 atom stereocenters. The zero-order valence-electron chi connectivity index (χ0n) is 11.9. The van der Waals surface area contributed by atoms with Gasteiger partial charge >= 0.3 is 0 Å². The van der Waals surface area contributed by atoms with Crippen LogP contribution in [0.5, 0.6) is 11.5 Å². The van der Waals surface area contributed by atoms with Gasteiger partial charge in [0.25, 0.3) is 0 Å². The van der Waals surface area contributed by atoms with Crippen LogP contribution in [0.25, 0.3) is 0 Å². The number of rotatable bonds is 6. The lowest BCUT2D eigenvalue weighted by Gasteiger charge is -2.14. The molecular weight excluding hydrogens is 308 g/mol. The highest BCUT2D eigenvalue weighted by molar-refractivity contribution is 7.99. The van der Waals surface area contributed by atoms with Crippen molar-refractivity contribution in [3.8, 4) is 11.5 Å². The average Bonchev–Trinajstić information content (AvgIpc) is 2.53. The van der Waals surface area contributed by atoms with Gasteiger partial charge in [0, 0.05) is 10.6 Å². The fourth-order valence-corrected chi connectivity index (χ4v) is 3.10. The van der Waals surface area contributed by atoms with Gasteiger partial charge in [0.2, 0.25) is 0 Å². The zero-order valence-corrected chi connectivity index (χ0v) is 13.4. The van der Waals surface area contributed by atoms with Crippen molar-refractivity contribution in [3.05, 3.63) is 53.1 Å². The van der Waals surface area contributed by atoms with Gasteiger partial charge in [-0.2, -0.15) is 0 Å². The maximum absolute atomic E-state index is 10.3. The van der Waals surface area contributed by atoms with E-state index in [2.05, 4.69) is 0 Å². The van der Waals surface area contributed by atoms with Crippen LogP contribution in [0.2, 0.25) is 5.02 Å². The largest absolute Gasteiger partial charge is 0.493 e. The Morgan fingerprint density at radius 3 is 2.48 bits per heavy atom. The summed E-state index contributed by atoms with van der Waals surface area (Å²) in [6, 6.07) is 13.0. The first-order valence-corrected chi connectivity index (χ1v) is 7.79. The van der Waals surface area contributed by atoms with Gasteiger partial charge in [-0.15, -0.1) is 11.8 Å². The molecule has 0 bridgehead atoms. The highest BCUT2D eigenvalue weighted by atomic mass is 35.5. The lowest BCUT2D eigenvalue weighted by Crippen LogP contribution is -2.02. The minimum Gasteiger partial charge on any atom is -0.493 e. The number of aliphatic hydroxyl groups is 1. The Balaban J connectivity index is 2.06. The van der Waals surface area contributed by atoms with E-state index in [-0.39, 0.29) is 0 Å². The van der Waals surface area contributed by atoms with Crippen molar-refractivity contribution < 1.29 is 14.6 Å². The standard InChI is InChI=1S/C16H17ClO3S/c1-19-14-8-7-11(9-15(14)20-2)13(18)10-21-16-6-4-3-5-12(16)17/h3-9,13,18H,10H2,1-2H3. The summed E-state index contributed by atoms with van der Waals surface area (Å²) in [4.78, 5) is 0.957. The van der Waals surface area contributed by atoms with Crippen LogP contribution >= 0.6 is 23.4 Å². The lowest BCUT2D eigenvalue weighted by molar-refractivity contribution is 0.203. The van der Waals surface area contributed by atoms with Crippen LogP contribution in [0.4, 0.5) is 0 Å². The Kier molecular flexibility index (Phi) is 5.79. The van der Waals surface area contributed by atoms with Gasteiger partial charge in [-0.05, 0) is 29.8 Å². The summed E-state index contributed by atoms with van der Waals surface area (Å²) >= 11 is 7.62. The van der Waals surface area contributed by atoms with Crippen LogP contribution in [0.1, 0.15) is 11.7 Å². The predicted molar refractivity (Wildman–Crippen MR) is 86.7 cm³/mol. The predicted octanol–water partition coefficient (Wildman–Crippen LogP) is 4.18. The molecule has 0 aliphatic carbocycles. The van der Waals surface area contributed by atoms with Gasteiger partial charge < -0.3 is 14.6 Å². The van der Waals surface area contributed by atoms with Crippen molar-refractivity contribution in [2.75, 3.05) is 20.0 Å². The zero-order chi connectivity index (χ0) is 15.2. The van der Waals surface area contributed by atoms with Crippen molar-refractivity contribution in [2.45, 2.75) is 11.0 Å². The molecule has 0 aliphatic heterocycles. The molecule has 2 rings (SSSR count). The van der Waals surface area contributed by atoms with Crippen LogP contribution < -0.4 is 9.47 Å². The van der Waals surface area contributed by atoms with Gasteiger partial charge in [-0.1, -0.05) is 29.8 Å². The first kappa shape index (κ1) is 16.0. The number of aliphatic hydroxyl groups excluding tert-OH is 1. The number of thioether (sulfide) groups is 1. The van der Waals surface area contributed by atoms with E-state index in [1.54, 1.807) is 26.4 Å². The van der Waals surface area contributed by atoms with Crippen LogP contribution in [0.15, 0.2) is 47.4 Å². The molecule has 1 N–H and O–H groups in total. The number of hydrogen-bond donors (Lipinski definition) is 1. The second-order valence-corrected chi connectivity index (χ2v) is 5.84. The molecule has 0 heterocycles. The van der Waals surface area contributed by atoms with E-state index in [9.17, 15) is 5.11 Å². The SMILES string of the molecule is COc1ccc(C(O)CSc2ccccc2Cl)cc1OC. The molecule has 3 nitrogen and oxygen atoms in total. The quantitative estimate of drug-likeness (QED) is 0.809. The molecule has 0 amide bonds. The monoisotopic (exact) mass is 324 g/mol. The Hall–Kier alpha value is -1.36. The van der Waals surface area contributed by atoms with E-state index in [0.29, 0.717) is 22.3 Å². The van der Waals surface area contributed by atoms with Gasteiger partial charge in [0.05, 0.1) is 25.3 Å². The van der Waals surface area contributed by atoms with Crippen LogP contribution in [-0.2, 0) is 0 Å². The maximum atomic E-state index is 10.3. The lowest BCUT2D eigenvalue weighted by atomic mass is 10.1. The van der Waals surface area contributed by atoms with Crippen LogP contribution in [0, 0.1) is 0 Å². The summed E-state index contributed by atoms with van der Waals surface area (Å²) in [5.74, 6) is 1.77. The molecule has 112 valence electrons. The van der Waals surface area contributed by atoms with Crippen molar-refractivity contribution in [1.82, 2.24) is 0 Å². The topological polar surface area (TPSA) is 38.7 Å². The van der Waals surface area contributed by atoms with Crippen molar-refractivity contribution in [1.29, 1.82) is 0 Å². The second-order valence-electron chi connectivity index (χ2n) is 4.37. The molecule has 0 aromatic heterocycles. The van der Waals surface area contributed by atoms with E-state index < -0.39 is 6.10 Å². The Bertz CT molecular complexity index is 604. The van der Waals surface area contributed by atoms with Gasteiger partial charge in [0.1, 0.15) is 0 Å². The molecule has 2 aromatic rings. The number of halogens is 1. The van der Waals surface area contributed by atoms with Gasteiger partial charge in [-0.25, -0.2) is 0 Å². The molecule has 0 fully saturated rings. The first-order valence-electron chi connectivity index (χ1n) is 6.43. The maximum Gasteiger partial charge on any atom is 0.161 e. The summed E-state index contributed by atoms with van der Waals surface area (Å²) in [7, 11) is 3.16. The van der Waals surface area contributed by atoms with Crippen LogP contribution in [0.3, 0.4) is 0 Å². The Morgan fingerprint density at radius 2 is 1.81 bits per heavy atom. The molecule has 5 heteroatoms. The highest BCUT2D eigenvalue weighted by Gasteiger charge is 2.13. The van der Waals surface area contributed by atoms with E-state index in [1.807, 2.05) is 30.3 Å². The van der Waals surface area contributed by atoms with Gasteiger partial charge in [-0.3, -0.25) is 0 Å². The van der Waals surface area contributed by atoms with E-state index in [0.717, 1.165) is 10.5 Å². The molecule has 21 heavy (non-hydrogen) atoms. The molecule has 0 radical (unpaired) electrons. The third-order valence-electron chi connectivity index (χ3n) is 3.03. The fourth-order valence-electron chi connectivity index (χ4n) is 1.89. The van der Waals surface area contributed by atoms with Crippen molar-refractivity contribution >= 4 is 23.4 Å². The second kappa shape index (κ2) is 7.59. The summed E-state index contributed by atoms with van der Waals surface area (Å²) in [6.07, 6.45) is -0.605. The molecule has 0 spiro atoms. The molecule has 1 unspecified atom stereocenters. The van der Waals surface area contributed by atoms with E-state index in [1.165, 1.54) is 11.8 Å². The third-order valence-corrected chi connectivity index (χ3v) is 4.62. The molecule has 0 aliphatic rings. The summed E-state index contributed by atoms with van der Waals surface area (Å²) in [6.45, 7) is 0. The van der Waals surface area contributed by atoms with Crippen molar-refractivity contribution in [2.24, 2.45) is 0 Å². The smallest absolute Gasteiger partial charge is 0.161 e. The normalized spacial score (nSPS) is 12.0. The molecular formula is C16H17ClO3S. The minimum atomic E-state index is -0.605. The van der Waals surface area contributed by atoms with E-state index >= 15 is 0 Å². The summed E-state index contributed by atoms with van der Waals surface area (Å²) < 4.78 is 10.4.